The van der Waals surface area contributed by atoms with Gasteiger partial charge in [0.05, 0.1) is 4.83 Å². The zero-order valence-corrected chi connectivity index (χ0v) is 19.0. The average Bonchev–Trinajstić information content (AvgIpc) is 2.75. The van der Waals surface area contributed by atoms with E-state index in [0.29, 0.717) is 18.4 Å². The summed E-state index contributed by atoms with van der Waals surface area (Å²) >= 11 is 3.85. The molecule has 5 heteroatoms. The van der Waals surface area contributed by atoms with Gasteiger partial charge < -0.3 is 19.1 Å². The molecule has 0 N–H and O–H groups in total. The summed E-state index contributed by atoms with van der Waals surface area (Å²) in [6.45, 7) is 4.87. The maximum Gasteiger partial charge on any atom is 0.159 e. The van der Waals surface area contributed by atoms with E-state index in [1.54, 1.807) is 14.2 Å². The number of halogens is 1. The van der Waals surface area contributed by atoms with Crippen LogP contribution in [0.5, 0.6) is 5.75 Å². The molecule has 0 aliphatic carbocycles. The van der Waals surface area contributed by atoms with E-state index in [1.807, 2.05) is 0 Å². The molecule has 0 aromatic heterocycles. The Hall–Kier alpha value is -1.56. The van der Waals surface area contributed by atoms with Crippen molar-refractivity contribution in [2.75, 3.05) is 38.8 Å². The van der Waals surface area contributed by atoms with Crippen molar-refractivity contribution in [1.29, 1.82) is 0 Å². The third-order valence-corrected chi connectivity index (χ3v) is 7.06. The number of fused-ring (bicyclic) bond motifs is 1. The number of hydrogen-bond acceptors (Lipinski definition) is 4. The first-order valence-electron chi connectivity index (χ1n) is 10.4. The van der Waals surface area contributed by atoms with Crippen LogP contribution < -0.4 is 9.64 Å². The number of anilines is 1. The normalized spacial score (nSPS) is 22.4. The number of aryl methyl sites for hydroxylation is 1. The molecule has 0 radical (unpaired) electrons. The van der Waals surface area contributed by atoms with Crippen LogP contribution in [-0.2, 0) is 9.47 Å². The van der Waals surface area contributed by atoms with E-state index in [0.717, 1.165) is 31.7 Å². The summed E-state index contributed by atoms with van der Waals surface area (Å²) in [5, 5.41) is 0. The van der Waals surface area contributed by atoms with Crippen LogP contribution in [0.1, 0.15) is 35.4 Å². The number of nitrogens with zero attached hydrogens (tertiary/aromatic N) is 1. The number of piperidine rings is 1. The zero-order chi connectivity index (χ0) is 20.4. The van der Waals surface area contributed by atoms with Gasteiger partial charge in [0, 0.05) is 50.4 Å². The van der Waals surface area contributed by atoms with E-state index in [9.17, 15) is 0 Å². The summed E-state index contributed by atoms with van der Waals surface area (Å²) in [4.78, 5) is 2.74. The molecule has 2 aliphatic rings. The van der Waals surface area contributed by atoms with Gasteiger partial charge in [0.15, 0.2) is 6.29 Å². The van der Waals surface area contributed by atoms with Crippen LogP contribution in [0.4, 0.5) is 5.69 Å². The van der Waals surface area contributed by atoms with Crippen LogP contribution in [0.15, 0.2) is 42.5 Å². The van der Waals surface area contributed by atoms with Crippen LogP contribution in [0.2, 0.25) is 0 Å². The Morgan fingerprint density at radius 3 is 2.38 bits per heavy atom. The van der Waals surface area contributed by atoms with Crippen LogP contribution in [0.25, 0.3) is 0 Å². The standard InChI is InChI=1S/C24H30BrNO3/c1-16-4-9-20-22(14-16)29-15-21(25)23(20)17-5-7-19(8-6-17)26-12-10-18(11-13-26)24(27-2)28-3/h4-9,14,18,21,23-24H,10-13,15H2,1-3H3. The lowest BCUT2D eigenvalue weighted by Crippen LogP contribution is -2.39. The quantitative estimate of drug-likeness (QED) is 0.458. The monoisotopic (exact) mass is 459 g/mol. The number of methoxy groups -OCH3 is 2. The smallest absolute Gasteiger partial charge is 0.159 e. The molecule has 4 rings (SSSR count). The second kappa shape index (κ2) is 9.07. The van der Waals surface area contributed by atoms with Crippen molar-refractivity contribution in [2.24, 2.45) is 5.92 Å². The SMILES string of the molecule is COC(OC)C1CCN(c2ccc(C3c4ccc(C)cc4OCC3Br)cc2)CC1. The molecular weight excluding hydrogens is 430 g/mol. The molecule has 0 amide bonds. The van der Waals surface area contributed by atoms with Crippen LogP contribution in [-0.4, -0.2) is 45.0 Å². The first-order chi connectivity index (χ1) is 14.1. The molecule has 2 aromatic rings. The lowest BCUT2D eigenvalue weighted by Gasteiger charge is -2.36. The van der Waals surface area contributed by atoms with Crippen molar-refractivity contribution < 1.29 is 14.2 Å². The van der Waals surface area contributed by atoms with E-state index >= 15 is 0 Å². The summed E-state index contributed by atoms with van der Waals surface area (Å²) < 4.78 is 16.9. The zero-order valence-electron chi connectivity index (χ0n) is 17.4. The molecular formula is C24H30BrNO3. The highest BCUT2D eigenvalue weighted by Crippen LogP contribution is 2.42. The molecule has 0 bridgehead atoms. The predicted octanol–water partition coefficient (Wildman–Crippen LogP) is 5.12. The summed E-state index contributed by atoms with van der Waals surface area (Å²) in [7, 11) is 3.46. The van der Waals surface area contributed by atoms with E-state index in [2.05, 4.69) is 70.2 Å². The summed E-state index contributed by atoms with van der Waals surface area (Å²) in [6, 6.07) is 15.6. The minimum atomic E-state index is -0.0902. The molecule has 4 nitrogen and oxygen atoms in total. The molecule has 1 fully saturated rings. The topological polar surface area (TPSA) is 30.9 Å². The van der Waals surface area contributed by atoms with E-state index < -0.39 is 0 Å². The Morgan fingerprint density at radius 1 is 1.03 bits per heavy atom. The van der Waals surface area contributed by atoms with Crippen molar-refractivity contribution in [3.8, 4) is 5.75 Å². The first kappa shape index (κ1) is 20.7. The number of benzene rings is 2. The van der Waals surface area contributed by atoms with E-state index in [4.69, 9.17) is 14.2 Å². The molecule has 2 aromatic carbocycles. The fourth-order valence-corrected chi connectivity index (χ4v) is 5.40. The van der Waals surface area contributed by atoms with E-state index in [-0.39, 0.29) is 11.1 Å². The lowest BCUT2D eigenvalue weighted by molar-refractivity contribution is -0.141. The fourth-order valence-electron chi connectivity index (χ4n) is 4.68. The highest BCUT2D eigenvalue weighted by molar-refractivity contribution is 9.09. The Balaban J connectivity index is 1.48. The highest BCUT2D eigenvalue weighted by atomic mass is 79.9. The van der Waals surface area contributed by atoms with Crippen molar-refractivity contribution in [2.45, 2.75) is 36.8 Å². The van der Waals surface area contributed by atoms with Crippen LogP contribution in [0, 0.1) is 12.8 Å². The molecule has 0 spiro atoms. The summed E-state index contributed by atoms with van der Waals surface area (Å²) in [5.74, 6) is 1.79. The molecule has 2 aliphatic heterocycles. The van der Waals surface area contributed by atoms with Crippen LogP contribution in [0.3, 0.4) is 0 Å². The molecule has 1 saturated heterocycles. The second-order valence-corrected chi connectivity index (χ2v) is 9.28. The van der Waals surface area contributed by atoms with Crippen molar-refractivity contribution in [3.05, 3.63) is 59.2 Å². The average molecular weight is 460 g/mol. The van der Waals surface area contributed by atoms with Gasteiger partial charge in [-0.2, -0.15) is 0 Å². The third kappa shape index (κ3) is 4.32. The highest BCUT2D eigenvalue weighted by Gasteiger charge is 2.31. The van der Waals surface area contributed by atoms with Crippen LogP contribution >= 0.6 is 15.9 Å². The maximum atomic E-state index is 5.96. The first-order valence-corrected chi connectivity index (χ1v) is 11.3. The predicted molar refractivity (Wildman–Crippen MR) is 120 cm³/mol. The molecule has 2 heterocycles. The van der Waals surface area contributed by atoms with Gasteiger partial charge in [0.25, 0.3) is 0 Å². The Labute approximate surface area is 182 Å². The number of hydrogen-bond donors (Lipinski definition) is 0. The van der Waals surface area contributed by atoms with Gasteiger partial charge in [-0.25, -0.2) is 0 Å². The largest absolute Gasteiger partial charge is 0.492 e. The summed E-state index contributed by atoms with van der Waals surface area (Å²) in [5.41, 5.74) is 5.12. The van der Waals surface area contributed by atoms with Crippen molar-refractivity contribution >= 4 is 21.6 Å². The lowest BCUT2D eigenvalue weighted by atomic mass is 9.86. The van der Waals surface area contributed by atoms with Crippen molar-refractivity contribution in [1.82, 2.24) is 0 Å². The van der Waals surface area contributed by atoms with Gasteiger partial charge in [0.2, 0.25) is 0 Å². The van der Waals surface area contributed by atoms with Gasteiger partial charge in [-0.1, -0.05) is 40.2 Å². The summed E-state index contributed by atoms with van der Waals surface area (Å²) in [6.07, 6.45) is 2.08. The van der Waals surface area contributed by atoms with Gasteiger partial charge in [-0.05, 0) is 49.1 Å². The van der Waals surface area contributed by atoms with Gasteiger partial charge in [-0.3, -0.25) is 0 Å². The Morgan fingerprint density at radius 2 is 1.72 bits per heavy atom. The number of ether oxygens (including phenoxy) is 3. The Kier molecular flexibility index (Phi) is 6.47. The number of alkyl halides is 1. The maximum absolute atomic E-state index is 5.96. The van der Waals surface area contributed by atoms with Gasteiger partial charge in [-0.15, -0.1) is 0 Å². The number of rotatable bonds is 5. The molecule has 156 valence electrons. The van der Waals surface area contributed by atoms with Gasteiger partial charge >= 0.3 is 0 Å². The van der Waals surface area contributed by atoms with E-state index in [1.165, 1.54) is 22.4 Å². The molecule has 29 heavy (non-hydrogen) atoms. The van der Waals surface area contributed by atoms with Crippen molar-refractivity contribution in [3.63, 3.8) is 0 Å². The minimum absolute atomic E-state index is 0.0902. The minimum Gasteiger partial charge on any atom is -0.492 e. The van der Waals surface area contributed by atoms with Gasteiger partial charge in [0.1, 0.15) is 12.4 Å². The molecule has 0 saturated carbocycles. The Bertz CT molecular complexity index is 813. The second-order valence-electron chi connectivity index (χ2n) is 8.10. The molecule has 2 unspecified atom stereocenters. The fraction of sp³-hybridized carbons (Fsp3) is 0.500. The third-order valence-electron chi connectivity index (χ3n) is 6.27. The molecule has 2 atom stereocenters.